The van der Waals surface area contributed by atoms with E-state index in [1.165, 1.54) is 22.3 Å². The largest absolute Gasteiger partial charge is 0.350 e. The van der Waals surface area contributed by atoms with Crippen LogP contribution in [0.5, 0.6) is 0 Å². The first-order valence-corrected chi connectivity index (χ1v) is 7.50. The first kappa shape index (κ1) is 16.8. The minimum Gasteiger partial charge on any atom is -0.350 e. The molecule has 1 amide bonds. The highest BCUT2D eigenvalue weighted by Crippen LogP contribution is 2.17. The van der Waals surface area contributed by atoms with Crippen molar-refractivity contribution in [2.75, 3.05) is 0 Å². The zero-order valence-corrected chi connectivity index (χ0v) is 13.6. The number of nitrogens with zero attached hydrogens (tertiary/aromatic N) is 4. The van der Waals surface area contributed by atoms with Crippen LogP contribution in [0, 0.1) is 6.92 Å². The molecule has 10 heteroatoms. The molecule has 0 spiro atoms. The molecule has 3 aromatic heterocycles. The summed E-state index contributed by atoms with van der Waals surface area (Å²) in [6, 6.07) is 2.89. The normalized spacial score (nSPS) is 11.4. The Morgan fingerprint density at radius 1 is 1.44 bits per heavy atom. The van der Waals surface area contributed by atoms with Crippen molar-refractivity contribution in [3.8, 4) is 0 Å². The van der Waals surface area contributed by atoms with Crippen LogP contribution in [0.3, 0.4) is 0 Å². The molecular weight excluding hydrogens is 334 g/mol. The van der Waals surface area contributed by atoms with Crippen LogP contribution in [0.1, 0.15) is 29.1 Å². The van der Waals surface area contributed by atoms with E-state index in [0.717, 1.165) is 0 Å². The third-order valence-corrected chi connectivity index (χ3v) is 3.87. The number of hydrogen-bond acceptors (Lipinski definition) is 4. The maximum Gasteiger partial charge on any atom is 0.282 e. The number of carbonyl (C=O) groups is 1. The highest BCUT2D eigenvalue weighted by Gasteiger charge is 2.16. The summed E-state index contributed by atoms with van der Waals surface area (Å²) in [4.78, 5) is 28.8. The van der Waals surface area contributed by atoms with E-state index in [1.54, 1.807) is 19.2 Å². The fourth-order valence-corrected chi connectivity index (χ4v) is 2.52. The number of halogens is 2. The Bertz CT molecular complexity index is 988. The predicted molar refractivity (Wildman–Crippen MR) is 84.3 cm³/mol. The van der Waals surface area contributed by atoms with Crippen molar-refractivity contribution in [3.63, 3.8) is 0 Å². The van der Waals surface area contributed by atoms with Crippen molar-refractivity contribution in [1.82, 2.24) is 29.7 Å². The van der Waals surface area contributed by atoms with Gasteiger partial charge in [-0.2, -0.15) is 5.10 Å². The molecule has 0 aliphatic carbocycles. The number of H-pyrrole nitrogens is 1. The second-order valence-corrected chi connectivity index (χ2v) is 5.58. The van der Waals surface area contributed by atoms with Crippen molar-refractivity contribution in [1.29, 1.82) is 0 Å². The number of nitrogens with one attached hydrogen (secondary N) is 2. The standard InChI is InChI=1S/C15H16F2N6O2/c1-8-10(15(25)23-12(20-8)3-4-19-23)6-13(24)18-7-9-5-11(14(16)17)21-22(9)2/h3-5,14,19H,6-7H2,1-2H3,(H,18,24). The molecule has 3 aromatic rings. The summed E-state index contributed by atoms with van der Waals surface area (Å²) in [5.74, 6) is -0.409. The number of fused-ring (bicyclic) bond motifs is 1. The van der Waals surface area contributed by atoms with Crippen LogP contribution in [0.25, 0.3) is 5.65 Å². The van der Waals surface area contributed by atoms with Crippen LogP contribution in [-0.4, -0.2) is 30.3 Å². The van der Waals surface area contributed by atoms with Crippen molar-refractivity contribution in [2.45, 2.75) is 26.3 Å². The lowest BCUT2D eigenvalue weighted by molar-refractivity contribution is -0.120. The molecule has 0 aliphatic rings. The summed E-state index contributed by atoms with van der Waals surface area (Å²) in [6.07, 6.45) is -1.24. The van der Waals surface area contributed by atoms with Crippen LogP contribution >= 0.6 is 0 Å². The molecule has 25 heavy (non-hydrogen) atoms. The fraction of sp³-hybridized carbons (Fsp3) is 0.333. The summed E-state index contributed by atoms with van der Waals surface area (Å²) in [5, 5.41) is 9.02. The van der Waals surface area contributed by atoms with Gasteiger partial charge < -0.3 is 5.32 Å². The first-order chi connectivity index (χ1) is 11.9. The average molecular weight is 350 g/mol. The quantitative estimate of drug-likeness (QED) is 0.713. The summed E-state index contributed by atoms with van der Waals surface area (Å²) in [6.45, 7) is 1.70. The minimum absolute atomic E-state index is 0.0353. The lowest BCUT2D eigenvalue weighted by atomic mass is 10.1. The van der Waals surface area contributed by atoms with Crippen molar-refractivity contribution in [2.24, 2.45) is 7.05 Å². The van der Waals surface area contributed by atoms with Gasteiger partial charge in [0.05, 0.1) is 18.7 Å². The summed E-state index contributed by atoms with van der Waals surface area (Å²) in [7, 11) is 1.52. The van der Waals surface area contributed by atoms with Gasteiger partial charge in [0.1, 0.15) is 5.69 Å². The maximum absolute atomic E-state index is 12.6. The van der Waals surface area contributed by atoms with Gasteiger partial charge in [-0.05, 0) is 13.0 Å². The van der Waals surface area contributed by atoms with E-state index in [-0.39, 0.29) is 29.8 Å². The molecule has 8 nitrogen and oxygen atoms in total. The zero-order valence-electron chi connectivity index (χ0n) is 13.6. The van der Waals surface area contributed by atoms with Crippen molar-refractivity contribution in [3.05, 3.63) is 51.3 Å². The molecule has 0 fully saturated rings. The Morgan fingerprint density at radius 2 is 2.20 bits per heavy atom. The van der Waals surface area contributed by atoms with Crippen LogP contribution in [-0.2, 0) is 24.8 Å². The molecule has 0 aromatic carbocycles. The molecule has 2 N–H and O–H groups in total. The number of aryl methyl sites for hydroxylation is 2. The van der Waals surface area contributed by atoms with E-state index < -0.39 is 12.3 Å². The molecular formula is C15H16F2N6O2. The van der Waals surface area contributed by atoms with Gasteiger partial charge in [-0.3, -0.25) is 19.4 Å². The number of rotatable bonds is 5. The van der Waals surface area contributed by atoms with Crippen molar-refractivity contribution < 1.29 is 13.6 Å². The molecule has 132 valence electrons. The summed E-state index contributed by atoms with van der Waals surface area (Å²) >= 11 is 0. The lowest BCUT2D eigenvalue weighted by Crippen LogP contribution is -2.30. The number of carbonyl (C=O) groups excluding carboxylic acids is 1. The van der Waals surface area contributed by atoms with Gasteiger partial charge >= 0.3 is 0 Å². The SMILES string of the molecule is Cc1nc2cc[nH]n2c(=O)c1CC(=O)NCc1cc(C(F)F)nn1C. The Labute approximate surface area is 140 Å². The van der Waals surface area contributed by atoms with Gasteiger partial charge in [0.15, 0.2) is 5.65 Å². The lowest BCUT2D eigenvalue weighted by Gasteiger charge is -2.07. The fourth-order valence-electron chi connectivity index (χ4n) is 2.52. The molecule has 0 saturated carbocycles. The van der Waals surface area contributed by atoms with E-state index in [0.29, 0.717) is 17.0 Å². The van der Waals surface area contributed by atoms with Gasteiger partial charge in [-0.25, -0.2) is 18.3 Å². The molecule has 3 rings (SSSR count). The van der Waals surface area contributed by atoms with Crippen LogP contribution in [0.2, 0.25) is 0 Å². The van der Waals surface area contributed by atoms with E-state index in [2.05, 4.69) is 20.5 Å². The third kappa shape index (κ3) is 3.28. The van der Waals surface area contributed by atoms with Gasteiger partial charge in [0.25, 0.3) is 12.0 Å². The van der Waals surface area contributed by atoms with Crippen LogP contribution in [0.15, 0.2) is 23.1 Å². The number of aromatic nitrogens is 5. The molecule has 0 saturated heterocycles. The van der Waals surface area contributed by atoms with E-state index in [9.17, 15) is 18.4 Å². The Morgan fingerprint density at radius 3 is 2.88 bits per heavy atom. The third-order valence-electron chi connectivity index (χ3n) is 3.87. The van der Waals surface area contributed by atoms with Crippen LogP contribution in [0.4, 0.5) is 8.78 Å². The molecule has 0 radical (unpaired) electrons. The minimum atomic E-state index is -2.67. The highest BCUT2D eigenvalue weighted by molar-refractivity contribution is 5.78. The maximum atomic E-state index is 12.6. The summed E-state index contributed by atoms with van der Waals surface area (Å²) < 4.78 is 27.8. The Hall–Kier alpha value is -3.04. The molecule has 0 aliphatic heterocycles. The van der Waals surface area contributed by atoms with Crippen LogP contribution < -0.4 is 10.9 Å². The van der Waals surface area contributed by atoms with Gasteiger partial charge in [-0.15, -0.1) is 0 Å². The molecule has 3 heterocycles. The number of aromatic amines is 1. The van der Waals surface area contributed by atoms with Gasteiger partial charge in [0.2, 0.25) is 5.91 Å². The number of amides is 1. The predicted octanol–water partition coefficient (Wildman–Crippen LogP) is 0.861. The molecule has 0 atom stereocenters. The Balaban J connectivity index is 1.72. The topological polar surface area (TPSA) is 97.1 Å². The zero-order chi connectivity index (χ0) is 18.1. The van der Waals surface area contributed by atoms with Gasteiger partial charge in [-0.1, -0.05) is 0 Å². The highest BCUT2D eigenvalue weighted by atomic mass is 19.3. The first-order valence-electron chi connectivity index (χ1n) is 7.50. The monoisotopic (exact) mass is 350 g/mol. The number of alkyl halides is 2. The second kappa shape index (κ2) is 6.46. The smallest absolute Gasteiger partial charge is 0.282 e. The Kier molecular flexibility index (Phi) is 4.34. The van der Waals surface area contributed by atoms with Gasteiger partial charge in [0, 0.05) is 30.6 Å². The number of hydrogen-bond donors (Lipinski definition) is 2. The van der Waals surface area contributed by atoms with E-state index in [1.807, 2.05) is 0 Å². The van der Waals surface area contributed by atoms with E-state index in [4.69, 9.17) is 0 Å². The second-order valence-electron chi connectivity index (χ2n) is 5.58. The molecule has 0 unspecified atom stereocenters. The van der Waals surface area contributed by atoms with E-state index >= 15 is 0 Å². The molecule has 0 bridgehead atoms. The average Bonchev–Trinajstić information content (AvgIpc) is 3.16. The van der Waals surface area contributed by atoms with Crippen molar-refractivity contribution >= 4 is 11.6 Å². The summed E-state index contributed by atoms with van der Waals surface area (Å²) in [5.41, 5.74) is 0.970.